The number of likely N-dealkylation sites (tertiary alicyclic amines) is 1. The minimum Gasteiger partial charge on any atom is -0.368 e. The van der Waals surface area contributed by atoms with Gasteiger partial charge in [0, 0.05) is 12.5 Å². The van der Waals surface area contributed by atoms with Gasteiger partial charge in [-0.2, -0.15) is 0 Å². The monoisotopic (exact) mass is 289 g/mol. The van der Waals surface area contributed by atoms with E-state index >= 15 is 0 Å². The van der Waals surface area contributed by atoms with Gasteiger partial charge in [0.25, 0.3) is 0 Å². The summed E-state index contributed by atoms with van der Waals surface area (Å²) >= 11 is 1.77. The molecule has 1 aromatic heterocycles. The second kappa shape index (κ2) is 5.50. The van der Waals surface area contributed by atoms with Crippen LogP contribution in [0.1, 0.15) is 30.7 Å². The molecule has 2 N–H and O–H groups in total. The maximum absolute atomic E-state index is 11.4. The number of amides is 1. The Bertz CT molecular complexity index is 591. The first-order chi connectivity index (χ1) is 9.65. The second-order valence-electron chi connectivity index (χ2n) is 5.43. The van der Waals surface area contributed by atoms with Crippen molar-refractivity contribution in [1.82, 2.24) is 9.88 Å². The number of fused-ring (bicyclic) bond motifs is 1. The maximum atomic E-state index is 11.4. The molecule has 20 heavy (non-hydrogen) atoms. The number of nitrogens with zero attached hydrogens (tertiary/aromatic N) is 2. The Hall–Kier alpha value is -1.46. The zero-order valence-corrected chi connectivity index (χ0v) is 12.4. The van der Waals surface area contributed by atoms with E-state index in [2.05, 4.69) is 17.0 Å². The molecule has 1 aliphatic heterocycles. The van der Waals surface area contributed by atoms with Crippen LogP contribution in [0.3, 0.4) is 0 Å². The molecular weight excluding hydrogens is 270 g/mol. The molecule has 4 nitrogen and oxygen atoms in total. The van der Waals surface area contributed by atoms with Crippen molar-refractivity contribution in [3.05, 3.63) is 29.3 Å². The first-order valence-corrected chi connectivity index (χ1v) is 7.85. The standard InChI is InChI=1S/C15H19N3OS/c1-10(14(16)19)18-8-4-5-11(9-18)15-17-12-6-2-3-7-13(12)20-15/h2-3,6-7,10-11H,4-5,8-9H2,1H3,(H2,16,19)/t10-,11+/m1/s1. The highest BCUT2D eigenvalue weighted by Crippen LogP contribution is 2.33. The summed E-state index contributed by atoms with van der Waals surface area (Å²) in [5.74, 6) is 0.179. The zero-order chi connectivity index (χ0) is 14.1. The van der Waals surface area contributed by atoms with Crippen LogP contribution >= 0.6 is 11.3 Å². The number of nitrogens with two attached hydrogens (primary N) is 1. The summed E-state index contributed by atoms with van der Waals surface area (Å²) in [5, 5.41) is 1.19. The lowest BCUT2D eigenvalue weighted by atomic mass is 9.97. The average Bonchev–Trinajstić information content (AvgIpc) is 2.90. The van der Waals surface area contributed by atoms with Crippen molar-refractivity contribution in [2.45, 2.75) is 31.7 Å². The summed E-state index contributed by atoms with van der Waals surface area (Å²) < 4.78 is 1.24. The van der Waals surface area contributed by atoms with Gasteiger partial charge >= 0.3 is 0 Å². The molecule has 0 bridgehead atoms. The fourth-order valence-corrected chi connectivity index (χ4v) is 3.90. The van der Waals surface area contributed by atoms with Gasteiger partial charge in [0.1, 0.15) is 0 Å². The molecule has 1 aromatic carbocycles. The van der Waals surface area contributed by atoms with Gasteiger partial charge in [-0.3, -0.25) is 9.69 Å². The molecule has 1 fully saturated rings. The normalized spacial score (nSPS) is 21.9. The number of rotatable bonds is 3. The Labute approximate surface area is 122 Å². The lowest BCUT2D eigenvalue weighted by molar-refractivity contribution is -0.123. The number of benzene rings is 1. The summed E-state index contributed by atoms with van der Waals surface area (Å²) in [4.78, 5) is 18.3. The third-order valence-corrected chi connectivity index (χ3v) is 5.27. The molecule has 106 valence electrons. The number of carbonyl (C=O) groups is 1. The van der Waals surface area contributed by atoms with Crippen LogP contribution in [-0.4, -0.2) is 34.9 Å². The number of thiazole rings is 1. The number of hydrogen-bond donors (Lipinski definition) is 1. The summed E-state index contributed by atoms with van der Waals surface area (Å²) in [6.45, 7) is 3.72. The van der Waals surface area contributed by atoms with Gasteiger partial charge < -0.3 is 5.73 Å². The van der Waals surface area contributed by atoms with Crippen molar-refractivity contribution in [2.24, 2.45) is 5.73 Å². The van der Waals surface area contributed by atoms with Crippen molar-refractivity contribution in [3.63, 3.8) is 0 Å². The molecule has 0 aliphatic carbocycles. The Morgan fingerprint density at radius 1 is 1.50 bits per heavy atom. The van der Waals surface area contributed by atoms with Gasteiger partial charge in [-0.15, -0.1) is 11.3 Å². The van der Waals surface area contributed by atoms with Crippen LogP contribution in [0, 0.1) is 0 Å². The van der Waals surface area contributed by atoms with Crippen molar-refractivity contribution >= 4 is 27.5 Å². The molecule has 2 aromatic rings. The number of hydrogen-bond acceptors (Lipinski definition) is 4. The molecule has 0 radical (unpaired) electrons. The molecule has 2 atom stereocenters. The van der Waals surface area contributed by atoms with Crippen molar-refractivity contribution in [3.8, 4) is 0 Å². The van der Waals surface area contributed by atoms with Crippen LogP contribution in [0.25, 0.3) is 10.2 Å². The predicted molar refractivity (Wildman–Crippen MR) is 81.8 cm³/mol. The van der Waals surface area contributed by atoms with Crippen LogP contribution in [0.4, 0.5) is 0 Å². The number of carbonyl (C=O) groups excluding carboxylic acids is 1. The predicted octanol–water partition coefficient (Wildman–Crippen LogP) is 2.35. The minimum absolute atomic E-state index is 0.188. The fourth-order valence-electron chi connectivity index (χ4n) is 2.80. The molecular formula is C15H19N3OS. The molecule has 2 heterocycles. The maximum Gasteiger partial charge on any atom is 0.234 e. The average molecular weight is 289 g/mol. The molecule has 0 unspecified atom stereocenters. The molecule has 5 heteroatoms. The van der Waals surface area contributed by atoms with Gasteiger partial charge in [-0.05, 0) is 38.4 Å². The second-order valence-corrected chi connectivity index (χ2v) is 6.49. The quantitative estimate of drug-likeness (QED) is 0.943. The minimum atomic E-state index is -0.241. The lowest BCUT2D eigenvalue weighted by Crippen LogP contribution is -2.47. The summed E-state index contributed by atoms with van der Waals surface area (Å²) in [7, 11) is 0. The van der Waals surface area contributed by atoms with Crippen LogP contribution < -0.4 is 5.73 Å². The van der Waals surface area contributed by atoms with E-state index in [1.165, 1.54) is 9.71 Å². The molecule has 1 saturated heterocycles. The molecule has 0 saturated carbocycles. The van der Waals surface area contributed by atoms with E-state index in [4.69, 9.17) is 10.7 Å². The Morgan fingerprint density at radius 2 is 2.30 bits per heavy atom. The number of para-hydroxylation sites is 1. The van der Waals surface area contributed by atoms with E-state index in [1.54, 1.807) is 11.3 Å². The Morgan fingerprint density at radius 3 is 3.05 bits per heavy atom. The van der Waals surface area contributed by atoms with Crippen LogP contribution in [-0.2, 0) is 4.79 Å². The summed E-state index contributed by atoms with van der Waals surface area (Å²) in [5.41, 5.74) is 6.50. The third-order valence-electron chi connectivity index (χ3n) is 4.07. The first-order valence-electron chi connectivity index (χ1n) is 7.04. The van der Waals surface area contributed by atoms with Crippen LogP contribution in [0.5, 0.6) is 0 Å². The van der Waals surface area contributed by atoms with Crippen molar-refractivity contribution < 1.29 is 4.79 Å². The van der Waals surface area contributed by atoms with Gasteiger partial charge in [-0.25, -0.2) is 4.98 Å². The largest absolute Gasteiger partial charge is 0.368 e. The smallest absolute Gasteiger partial charge is 0.234 e. The van der Waals surface area contributed by atoms with Gasteiger partial charge in [-0.1, -0.05) is 12.1 Å². The molecule has 1 aliphatic rings. The van der Waals surface area contributed by atoms with Crippen LogP contribution in [0.15, 0.2) is 24.3 Å². The lowest BCUT2D eigenvalue weighted by Gasteiger charge is -2.34. The van der Waals surface area contributed by atoms with E-state index in [0.717, 1.165) is 31.4 Å². The highest BCUT2D eigenvalue weighted by atomic mass is 32.1. The van der Waals surface area contributed by atoms with E-state index in [0.29, 0.717) is 5.92 Å². The van der Waals surface area contributed by atoms with E-state index < -0.39 is 0 Å². The van der Waals surface area contributed by atoms with E-state index in [-0.39, 0.29) is 11.9 Å². The first kappa shape index (κ1) is 13.5. The Kier molecular flexibility index (Phi) is 3.72. The highest BCUT2D eigenvalue weighted by molar-refractivity contribution is 7.18. The van der Waals surface area contributed by atoms with Crippen molar-refractivity contribution in [2.75, 3.05) is 13.1 Å². The third kappa shape index (κ3) is 2.55. The summed E-state index contributed by atoms with van der Waals surface area (Å²) in [6.07, 6.45) is 2.24. The van der Waals surface area contributed by atoms with Gasteiger partial charge in [0.05, 0.1) is 21.3 Å². The zero-order valence-electron chi connectivity index (χ0n) is 11.6. The topological polar surface area (TPSA) is 59.2 Å². The van der Waals surface area contributed by atoms with Gasteiger partial charge in [0.2, 0.25) is 5.91 Å². The fraction of sp³-hybridized carbons (Fsp3) is 0.467. The van der Waals surface area contributed by atoms with E-state index in [9.17, 15) is 4.79 Å². The van der Waals surface area contributed by atoms with E-state index in [1.807, 2.05) is 19.1 Å². The summed E-state index contributed by atoms with van der Waals surface area (Å²) in [6, 6.07) is 8.05. The molecule has 3 rings (SSSR count). The molecule has 1 amide bonds. The highest BCUT2D eigenvalue weighted by Gasteiger charge is 2.28. The number of piperidine rings is 1. The van der Waals surface area contributed by atoms with Crippen LogP contribution in [0.2, 0.25) is 0 Å². The Balaban J connectivity index is 1.81. The number of primary amides is 1. The SMILES string of the molecule is C[C@H](C(N)=O)N1CCC[C@H](c2nc3ccccc3s2)C1. The number of aromatic nitrogens is 1. The van der Waals surface area contributed by atoms with Crippen molar-refractivity contribution in [1.29, 1.82) is 0 Å². The molecule has 0 spiro atoms. The van der Waals surface area contributed by atoms with Gasteiger partial charge in [0.15, 0.2) is 0 Å².